The molecule has 0 amide bonds. The van der Waals surface area contributed by atoms with Crippen molar-refractivity contribution in [2.45, 2.75) is 18.9 Å². The molecular formula is C24H21FN2. The van der Waals surface area contributed by atoms with Crippen LogP contribution in [0.3, 0.4) is 0 Å². The molecule has 1 aliphatic heterocycles. The second-order valence-corrected chi connectivity index (χ2v) is 7.21. The van der Waals surface area contributed by atoms with Crippen LogP contribution in [0.5, 0.6) is 0 Å². The van der Waals surface area contributed by atoms with Gasteiger partial charge in [-0.25, -0.2) is 4.39 Å². The summed E-state index contributed by atoms with van der Waals surface area (Å²) in [6.45, 7) is 1.76. The second kappa shape index (κ2) is 7.34. The summed E-state index contributed by atoms with van der Waals surface area (Å²) in [7, 11) is 2.11. The largest absolute Gasteiger partial charge is 0.302 e. The highest BCUT2D eigenvalue weighted by atomic mass is 19.1. The fourth-order valence-electron chi connectivity index (χ4n) is 3.99. The fraction of sp³-hybridized carbons (Fsp3) is 0.208. The first-order valence-corrected chi connectivity index (χ1v) is 9.22. The maximum atomic E-state index is 14.5. The highest BCUT2D eigenvalue weighted by molar-refractivity contribution is 5.67. The zero-order chi connectivity index (χ0) is 18.8. The number of halogens is 1. The van der Waals surface area contributed by atoms with Gasteiger partial charge in [-0.2, -0.15) is 5.26 Å². The van der Waals surface area contributed by atoms with Crippen LogP contribution in [0.2, 0.25) is 0 Å². The van der Waals surface area contributed by atoms with Crippen LogP contribution in [0, 0.1) is 17.1 Å². The van der Waals surface area contributed by atoms with Crippen molar-refractivity contribution in [3.05, 3.63) is 94.8 Å². The number of nitrogens with zero attached hydrogens (tertiary/aromatic N) is 2. The summed E-state index contributed by atoms with van der Waals surface area (Å²) in [5, 5.41) is 9.17. The quantitative estimate of drug-likeness (QED) is 0.620. The van der Waals surface area contributed by atoms with Gasteiger partial charge in [-0.1, -0.05) is 42.5 Å². The molecule has 0 saturated carbocycles. The lowest BCUT2D eigenvalue weighted by Crippen LogP contribution is -2.17. The van der Waals surface area contributed by atoms with Crippen LogP contribution >= 0.6 is 0 Å². The van der Waals surface area contributed by atoms with Crippen molar-refractivity contribution < 1.29 is 4.39 Å². The molecular weight excluding hydrogens is 335 g/mol. The van der Waals surface area contributed by atoms with E-state index in [0.29, 0.717) is 5.56 Å². The van der Waals surface area contributed by atoms with Crippen molar-refractivity contribution in [1.82, 2.24) is 4.90 Å². The van der Waals surface area contributed by atoms with Gasteiger partial charge in [0.15, 0.2) is 0 Å². The first-order chi connectivity index (χ1) is 13.2. The molecule has 1 atom stereocenters. The highest BCUT2D eigenvalue weighted by Gasteiger charge is 2.24. The van der Waals surface area contributed by atoms with Crippen molar-refractivity contribution in [2.75, 3.05) is 13.6 Å². The monoisotopic (exact) mass is 356 g/mol. The molecule has 0 bridgehead atoms. The summed E-state index contributed by atoms with van der Waals surface area (Å²) in [4.78, 5) is 2.29. The second-order valence-electron chi connectivity index (χ2n) is 7.21. The van der Waals surface area contributed by atoms with Crippen LogP contribution < -0.4 is 0 Å². The highest BCUT2D eigenvalue weighted by Crippen LogP contribution is 2.36. The minimum Gasteiger partial charge on any atom is -0.302 e. The number of benzene rings is 3. The van der Waals surface area contributed by atoms with Gasteiger partial charge in [0.05, 0.1) is 11.6 Å². The van der Waals surface area contributed by atoms with Crippen molar-refractivity contribution in [1.29, 1.82) is 5.26 Å². The van der Waals surface area contributed by atoms with Crippen molar-refractivity contribution >= 4 is 0 Å². The summed E-state index contributed by atoms with van der Waals surface area (Å²) in [5.41, 5.74) is 5.98. The molecule has 0 N–H and O–H groups in total. The third kappa shape index (κ3) is 3.49. The van der Waals surface area contributed by atoms with E-state index in [1.807, 2.05) is 36.4 Å². The van der Waals surface area contributed by atoms with Crippen LogP contribution in [-0.2, 0) is 6.54 Å². The van der Waals surface area contributed by atoms with E-state index < -0.39 is 0 Å². The van der Waals surface area contributed by atoms with Crippen molar-refractivity contribution in [2.24, 2.45) is 0 Å². The Kier molecular flexibility index (Phi) is 4.75. The zero-order valence-electron chi connectivity index (χ0n) is 15.3. The molecule has 1 unspecified atom stereocenters. The van der Waals surface area contributed by atoms with Crippen LogP contribution in [0.4, 0.5) is 4.39 Å². The maximum Gasteiger partial charge on any atom is 0.127 e. The molecule has 3 aromatic carbocycles. The van der Waals surface area contributed by atoms with Crippen LogP contribution in [-0.4, -0.2) is 18.5 Å². The smallest absolute Gasteiger partial charge is 0.127 e. The van der Waals surface area contributed by atoms with Gasteiger partial charge in [-0.3, -0.25) is 0 Å². The van der Waals surface area contributed by atoms with E-state index in [1.54, 1.807) is 12.1 Å². The van der Waals surface area contributed by atoms with E-state index in [1.165, 1.54) is 11.1 Å². The Labute approximate surface area is 159 Å². The van der Waals surface area contributed by atoms with E-state index in [9.17, 15) is 4.39 Å². The molecule has 27 heavy (non-hydrogen) atoms. The standard InChI is InChI=1S/C24H21FN2/c1-27-12-11-22(23-7-2-3-8-24(23)25)21-10-9-19(14-20(21)16-27)18-6-4-5-17(13-18)15-26/h2-10,13-14,22H,11-12,16H2,1H3. The van der Waals surface area contributed by atoms with E-state index in [-0.39, 0.29) is 11.7 Å². The van der Waals surface area contributed by atoms with Gasteiger partial charge in [-0.15, -0.1) is 0 Å². The first-order valence-electron chi connectivity index (χ1n) is 9.22. The summed E-state index contributed by atoms with van der Waals surface area (Å²) < 4.78 is 14.5. The number of hydrogen-bond donors (Lipinski definition) is 0. The van der Waals surface area contributed by atoms with E-state index in [2.05, 4.69) is 36.2 Å². The fourth-order valence-corrected chi connectivity index (χ4v) is 3.99. The molecule has 3 heteroatoms. The molecule has 0 saturated heterocycles. The number of hydrogen-bond acceptors (Lipinski definition) is 2. The lowest BCUT2D eigenvalue weighted by molar-refractivity contribution is 0.328. The molecule has 134 valence electrons. The number of nitriles is 1. The third-order valence-electron chi connectivity index (χ3n) is 5.36. The Morgan fingerprint density at radius 3 is 2.59 bits per heavy atom. The Balaban J connectivity index is 1.81. The molecule has 3 aromatic rings. The van der Waals surface area contributed by atoms with Gasteiger partial charge >= 0.3 is 0 Å². The molecule has 0 aliphatic carbocycles. The molecule has 1 aliphatic rings. The van der Waals surface area contributed by atoms with Crippen LogP contribution in [0.15, 0.2) is 66.7 Å². The average Bonchev–Trinajstić information content (AvgIpc) is 2.86. The van der Waals surface area contributed by atoms with Gasteiger partial charge < -0.3 is 4.90 Å². The lowest BCUT2D eigenvalue weighted by atomic mass is 9.85. The molecule has 0 fully saturated rings. The minimum absolute atomic E-state index is 0.0608. The van der Waals surface area contributed by atoms with Crippen molar-refractivity contribution in [3.63, 3.8) is 0 Å². The van der Waals surface area contributed by atoms with Gasteiger partial charge in [0, 0.05) is 12.5 Å². The van der Waals surface area contributed by atoms with Gasteiger partial charge in [0.25, 0.3) is 0 Å². The van der Waals surface area contributed by atoms with Gasteiger partial charge in [-0.05, 0) is 72.1 Å². The molecule has 0 aromatic heterocycles. The zero-order valence-corrected chi connectivity index (χ0v) is 15.3. The topological polar surface area (TPSA) is 27.0 Å². The summed E-state index contributed by atoms with van der Waals surface area (Å²) in [5.74, 6) is -0.0746. The molecule has 0 radical (unpaired) electrons. The van der Waals surface area contributed by atoms with E-state index in [0.717, 1.165) is 36.2 Å². The lowest BCUT2D eigenvalue weighted by Gasteiger charge is -2.19. The summed E-state index contributed by atoms with van der Waals surface area (Å²) in [6.07, 6.45) is 0.897. The number of fused-ring (bicyclic) bond motifs is 1. The Morgan fingerprint density at radius 2 is 1.78 bits per heavy atom. The van der Waals surface area contributed by atoms with Gasteiger partial charge in [0.2, 0.25) is 0 Å². The summed E-state index contributed by atoms with van der Waals surface area (Å²) >= 11 is 0. The Morgan fingerprint density at radius 1 is 0.963 bits per heavy atom. The third-order valence-corrected chi connectivity index (χ3v) is 5.36. The maximum absolute atomic E-state index is 14.5. The first kappa shape index (κ1) is 17.5. The number of rotatable bonds is 2. The predicted molar refractivity (Wildman–Crippen MR) is 106 cm³/mol. The minimum atomic E-state index is -0.135. The van der Waals surface area contributed by atoms with Crippen molar-refractivity contribution in [3.8, 4) is 17.2 Å². The Hall–Kier alpha value is -2.96. The van der Waals surface area contributed by atoms with E-state index >= 15 is 0 Å². The molecule has 2 nitrogen and oxygen atoms in total. The average molecular weight is 356 g/mol. The van der Waals surface area contributed by atoms with Crippen LogP contribution in [0.25, 0.3) is 11.1 Å². The van der Waals surface area contributed by atoms with E-state index in [4.69, 9.17) is 5.26 Å². The molecule has 4 rings (SSSR count). The van der Waals surface area contributed by atoms with Crippen LogP contribution in [0.1, 0.15) is 34.6 Å². The Bertz CT molecular complexity index is 1020. The normalized spacial score (nSPS) is 17.0. The van der Waals surface area contributed by atoms with Gasteiger partial charge in [0.1, 0.15) is 5.82 Å². The molecule has 1 heterocycles. The summed E-state index contributed by atoms with van der Waals surface area (Å²) in [6, 6.07) is 23.4. The SMILES string of the molecule is CN1CCC(c2ccccc2F)c2ccc(-c3cccc(C#N)c3)cc2C1. The predicted octanol–water partition coefficient (Wildman–Crippen LogP) is 5.33. The molecule has 0 spiro atoms.